The molecular weight excluding hydrogens is 264 g/mol. The summed E-state index contributed by atoms with van der Waals surface area (Å²) < 4.78 is 5.97. The highest BCUT2D eigenvalue weighted by Crippen LogP contribution is 2.32. The molecule has 0 aromatic rings. The van der Waals surface area contributed by atoms with E-state index in [2.05, 4.69) is 19.2 Å². The lowest BCUT2D eigenvalue weighted by molar-refractivity contribution is -0.127. The van der Waals surface area contributed by atoms with Crippen molar-refractivity contribution in [1.29, 1.82) is 0 Å². The van der Waals surface area contributed by atoms with Gasteiger partial charge in [-0.1, -0.05) is 13.8 Å². The molecule has 1 saturated carbocycles. The van der Waals surface area contributed by atoms with E-state index < -0.39 is 0 Å². The molecule has 21 heavy (non-hydrogen) atoms. The van der Waals surface area contributed by atoms with Crippen LogP contribution in [0.4, 0.5) is 0 Å². The number of hydrogen-bond acceptors (Lipinski definition) is 3. The van der Waals surface area contributed by atoms with Gasteiger partial charge in [0.2, 0.25) is 5.91 Å². The molecule has 0 bridgehead atoms. The maximum atomic E-state index is 12.3. The number of hydrogen-bond donors (Lipinski definition) is 2. The van der Waals surface area contributed by atoms with Crippen molar-refractivity contribution in [3.8, 4) is 0 Å². The summed E-state index contributed by atoms with van der Waals surface area (Å²) in [4.78, 5) is 12.3. The van der Waals surface area contributed by atoms with Gasteiger partial charge in [0.1, 0.15) is 0 Å². The Hall–Kier alpha value is -0.610. The molecule has 1 saturated heterocycles. The SMILES string of the molecule is CCC1(CC)CC(NC(=O)CC2CCC(N)CC2)CCO1. The first kappa shape index (κ1) is 16.8. The van der Waals surface area contributed by atoms with Gasteiger partial charge in [0, 0.05) is 25.1 Å². The molecule has 1 aliphatic heterocycles. The molecule has 1 heterocycles. The van der Waals surface area contributed by atoms with Gasteiger partial charge in [-0.05, 0) is 57.3 Å². The number of ether oxygens (including phenoxy) is 1. The Morgan fingerprint density at radius 1 is 1.19 bits per heavy atom. The molecule has 0 spiro atoms. The van der Waals surface area contributed by atoms with E-state index in [1.807, 2.05) is 0 Å². The van der Waals surface area contributed by atoms with Gasteiger partial charge in [-0.25, -0.2) is 0 Å². The Kier molecular flexibility index (Phi) is 6.06. The topological polar surface area (TPSA) is 64.4 Å². The van der Waals surface area contributed by atoms with E-state index >= 15 is 0 Å². The second-order valence-electron chi connectivity index (χ2n) is 6.98. The van der Waals surface area contributed by atoms with Gasteiger partial charge in [-0.15, -0.1) is 0 Å². The van der Waals surface area contributed by atoms with Gasteiger partial charge < -0.3 is 15.8 Å². The second-order valence-corrected chi connectivity index (χ2v) is 6.98. The Morgan fingerprint density at radius 3 is 2.48 bits per heavy atom. The van der Waals surface area contributed by atoms with Crippen molar-refractivity contribution in [2.45, 2.75) is 89.3 Å². The van der Waals surface area contributed by atoms with Crippen LogP contribution >= 0.6 is 0 Å². The van der Waals surface area contributed by atoms with Crippen LogP contribution in [0, 0.1) is 5.92 Å². The first-order valence-electron chi connectivity index (χ1n) is 8.76. The van der Waals surface area contributed by atoms with Crippen LogP contribution in [-0.4, -0.2) is 30.2 Å². The predicted octanol–water partition coefficient (Wildman–Crippen LogP) is 2.75. The van der Waals surface area contributed by atoms with Gasteiger partial charge in [0.15, 0.2) is 0 Å². The molecule has 3 N–H and O–H groups in total. The lowest BCUT2D eigenvalue weighted by atomic mass is 9.83. The predicted molar refractivity (Wildman–Crippen MR) is 85.0 cm³/mol. The summed E-state index contributed by atoms with van der Waals surface area (Å²) in [6, 6.07) is 0.645. The first-order chi connectivity index (χ1) is 10.1. The normalized spacial score (nSPS) is 32.6. The van der Waals surface area contributed by atoms with Gasteiger partial charge in [0.25, 0.3) is 0 Å². The fraction of sp³-hybridized carbons (Fsp3) is 0.941. The Balaban J connectivity index is 1.77. The molecule has 4 nitrogen and oxygen atoms in total. The molecular formula is C17H32N2O2. The molecule has 0 aromatic heterocycles. The fourth-order valence-corrected chi connectivity index (χ4v) is 3.83. The van der Waals surface area contributed by atoms with Crippen LogP contribution in [0.2, 0.25) is 0 Å². The molecule has 0 aromatic carbocycles. The lowest BCUT2D eigenvalue weighted by Crippen LogP contribution is -2.48. The molecule has 4 heteroatoms. The van der Waals surface area contributed by atoms with Crippen molar-refractivity contribution >= 4 is 5.91 Å². The molecule has 1 amide bonds. The Bertz CT molecular complexity index is 334. The summed E-state index contributed by atoms with van der Waals surface area (Å²) in [7, 11) is 0. The summed E-state index contributed by atoms with van der Waals surface area (Å²) in [6.07, 6.45) is 8.99. The third kappa shape index (κ3) is 4.68. The van der Waals surface area contributed by atoms with Crippen molar-refractivity contribution < 1.29 is 9.53 Å². The maximum Gasteiger partial charge on any atom is 0.220 e. The van der Waals surface area contributed by atoms with E-state index in [4.69, 9.17) is 10.5 Å². The van der Waals surface area contributed by atoms with Gasteiger partial charge in [-0.2, -0.15) is 0 Å². The summed E-state index contributed by atoms with van der Waals surface area (Å²) in [6.45, 7) is 5.13. The highest BCUT2D eigenvalue weighted by molar-refractivity contribution is 5.76. The van der Waals surface area contributed by atoms with Crippen LogP contribution in [0.3, 0.4) is 0 Å². The van der Waals surface area contributed by atoms with Crippen molar-refractivity contribution in [1.82, 2.24) is 5.32 Å². The third-order valence-electron chi connectivity index (χ3n) is 5.51. The van der Waals surface area contributed by atoms with E-state index in [-0.39, 0.29) is 17.6 Å². The number of amides is 1. The van der Waals surface area contributed by atoms with Crippen LogP contribution in [-0.2, 0) is 9.53 Å². The standard InChI is InChI=1S/C17H32N2O2/c1-3-17(4-2)12-15(9-10-21-17)19-16(20)11-13-5-7-14(18)8-6-13/h13-15H,3-12,18H2,1-2H3,(H,19,20). The monoisotopic (exact) mass is 296 g/mol. The Morgan fingerprint density at radius 2 is 1.86 bits per heavy atom. The van der Waals surface area contributed by atoms with Crippen LogP contribution in [0.15, 0.2) is 0 Å². The number of nitrogens with one attached hydrogen (secondary N) is 1. The minimum absolute atomic E-state index is 0.0200. The van der Waals surface area contributed by atoms with Crippen molar-refractivity contribution in [2.24, 2.45) is 11.7 Å². The molecule has 2 aliphatic rings. The van der Waals surface area contributed by atoms with E-state index in [0.717, 1.165) is 58.0 Å². The van der Waals surface area contributed by atoms with E-state index in [1.54, 1.807) is 0 Å². The largest absolute Gasteiger partial charge is 0.375 e. The van der Waals surface area contributed by atoms with Crippen LogP contribution in [0.25, 0.3) is 0 Å². The highest BCUT2D eigenvalue weighted by atomic mass is 16.5. The number of nitrogens with two attached hydrogens (primary N) is 1. The molecule has 1 aliphatic carbocycles. The van der Waals surface area contributed by atoms with Crippen molar-refractivity contribution in [2.75, 3.05) is 6.61 Å². The molecule has 1 unspecified atom stereocenters. The van der Waals surface area contributed by atoms with Crippen LogP contribution in [0.5, 0.6) is 0 Å². The summed E-state index contributed by atoms with van der Waals surface area (Å²) in [5.74, 6) is 0.759. The average molecular weight is 296 g/mol. The minimum atomic E-state index is -0.0200. The zero-order valence-corrected chi connectivity index (χ0v) is 13.7. The third-order valence-corrected chi connectivity index (χ3v) is 5.51. The molecule has 0 radical (unpaired) electrons. The van der Waals surface area contributed by atoms with Crippen LogP contribution in [0.1, 0.15) is 71.6 Å². The number of carbonyl (C=O) groups is 1. The van der Waals surface area contributed by atoms with Crippen molar-refractivity contribution in [3.63, 3.8) is 0 Å². The summed E-state index contributed by atoms with van der Waals surface area (Å²) >= 11 is 0. The number of carbonyl (C=O) groups excluding carboxylic acids is 1. The number of rotatable bonds is 5. The van der Waals surface area contributed by atoms with Gasteiger partial charge >= 0.3 is 0 Å². The fourth-order valence-electron chi connectivity index (χ4n) is 3.83. The van der Waals surface area contributed by atoms with E-state index in [9.17, 15) is 4.79 Å². The zero-order chi connectivity index (χ0) is 15.3. The molecule has 122 valence electrons. The summed E-state index contributed by atoms with van der Waals surface area (Å²) in [5.41, 5.74) is 5.90. The van der Waals surface area contributed by atoms with Crippen molar-refractivity contribution in [3.05, 3.63) is 0 Å². The van der Waals surface area contributed by atoms with Gasteiger partial charge in [0.05, 0.1) is 5.60 Å². The molecule has 2 rings (SSSR count). The first-order valence-corrected chi connectivity index (χ1v) is 8.76. The maximum absolute atomic E-state index is 12.3. The molecule has 1 atom stereocenters. The zero-order valence-electron chi connectivity index (χ0n) is 13.7. The lowest BCUT2D eigenvalue weighted by Gasteiger charge is -2.40. The van der Waals surface area contributed by atoms with E-state index in [0.29, 0.717) is 18.4 Å². The minimum Gasteiger partial charge on any atom is -0.375 e. The average Bonchev–Trinajstić information content (AvgIpc) is 2.49. The highest BCUT2D eigenvalue weighted by Gasteiger charge is 2.35. The second kappa shape index (κ2) is 7.59. The molecule has 2 fully saturated rings. The van der Waals surface area contributed by atoms with E-state index in [1.165, 1.54) is 0 Å². The smallest absolute Gasteiger partial charge is 0.220 e. The quantitative estimate of drug-likeness (QED) is 0.820. The van der Waals surface area contributed by atoms with Crippen LogP contribution < -0.4 is 11.1 Å². The Labute approximate surface area is 129 Å². The summed E-state index contributed by atoms with van der Waals surface area (Å²) in [5, 5.41) is 3.25. The van der Waals surface area contributed by atoms with Gasteiger partial charge in [-0.3, -0.25) is 4.79 Å².